The topological polar surface area (TPSA) is 0 Å². The molecule has 1 fully saturated rings. The van der Waals surface area contributed by atoms with E-state index in [0.29, 0.717) is 5.41 Å². The van der Waals surface area contributed by atoms with Crippen LogP contribution in [0.3, 0.4) is 0 Å². The molecule has 1 unspecified atom stereocenters. The Morgan fingerprint density at radius 2 is 1.69 bits per heavy atom. The molecule has 0 bridgehead atoms. The molecule has 0 heteroatoms. The molecule has 78 valence electrons. The molecule has 1 aliphatic rings. The number of rotatable bonds is 4. The fourth-order valence-corrected chi connectivity index (χ4v) is 3.04. The van der Waals surface area contributed by atoms with Gasteiger partial charge < -0.3 is 0 Å². The standard InChI is InChI=1S/C13H26/c1-4-11-13(3,5-2)12-9-7-6-8-10-12/h12H,4-11H2,1-3H3. The SMILES string of the molecule is CCCC(C)(CC)C1CCCCC1. The first kappa shape index (κ1) is 11.1. The van der Waals surface area contributed by atoms with E-state index in [1.165, 1.54) is 51.4 Å². The van der Waals surface area contributed by atoms with Crippen LogP contribution in [0.1, 0.15) is 72.1 Å². The maximum Gasteiger partial charge on any atom is -0.0300 e. The van der Waals surface area contributed by atoms with Crippen LogP contribution >= 0.6 is 0 Å². The van der Waals surface area contributed by atoms with E-state index >= 15 is 0 Å². The summed E-state index contributed by atoms with van der Waals surface area (Å²) in [5.74, 6) is 1.03. The van der Waals surface area contributed by atoms with Crippen molar-refractivity contribution >= 4 is 0 Å². The molecule has 0 heterocycles. The Morgan fingerprint density at radius 3 is 2.15 bits per heavy atom. The summed E-state index contributed by atoms with van der Waals surface area (Å²) in [6.07, 6.45) is 11.7. The summed E-state index contributed by atoms with van der Waals surface area (Å²) in [5.41, 5.74) is 0.662. The molecule has 0 aliphatic heterocycles. The van der Waals surface area contributed by atoms with Crippen LogP contribution in [0.4, 0.5) is 0 Å². The van der Waals surface area contributed by atoms with Crippen LogP contribution < -0.4 is 0 Å². The van der Waals surface area contributed by atoms with Crippen molar-refractivity contribution in [3.63, 3.8) is 0 Å². The molecule has 1 rings (SSSR count). The first-order chi connectivity index (χ1) is 6.23. The second-order valence-electron chi connectivity index (χ2n) is 5.09. The molecular weight excluding hydrogens is 156 g/mol. The number of hydrogen-bond acceptors (Lipinski definition) is 0. The van der Waals surface area contributed by atoms with Crippen molar-refractivity contribution in [2.75, 3.05) is 0 Å². The third-order valence-electron chi connectivity index (χ3n) is 4.22. The first-order valence-corrected chi connectivity index (χ1v) is 6.23. The van der Waals surface area contributed by atoms with Gasteiger partial charge in [0, 0.05) is 0 Å². The summed E-state index contributed by atoms with van der Waals surface area (Å²) in [5, 5.41) is 0. The molecule has 1 atom stereocenters. The van der Waals surface area contributed by atoms with Gasteiger partial charge in [-0.25, -0.2) is 0 Å². The lowest BCUT2D eigenvalue weighted by Crippen LogP contribution is -2.28. The number of hydrogen-bond donors (Lipinski definition) is 0. The zero-order valence-corrected chi connectivity index (χ0v) is 9.73. The minimum absolute atomic E-state index is 0.662. The Balaban J connectivity index is 2.51. The molecule has 0 nitrogen and oxygen atoms in total. The third-order valence-corrected chi connectivity index (χ3v) is 4.22. The van der Waals surface area contributed by atoms with E-state index in [1.54, 1.807) is 0 Å². The van der Waals surface area contributed by atoms with E-state index in [2.05, 4.69) is 20.8 Å². The minimum atomic E-state index is 0.662. The first-order valence-electron chi connectivity index (χ1n) is 6.23. The molecule has 0 N–H and O–H groups in total. The Morgan fingerprint density at radius 1 is 1.08 bits per heavy atom. The van der Waals surface area contributed by atoms with Crippen LogP contribution in [0.15, 0.2) is 0 Å². The van der Waals surface area contributed by atoms with Crippen LogP contribution in [-0.2, 0) is 0 Å². The van der Waals surface area contributed by atoms with Gasteiger partial charge >= 0.3 is 0 Å². The van der Waals surface area contributed by atoms with Crippen LogP contribution in [0, 0.1) is 11.3 Å². The zero-order valence-electron chi connectivity index (χ0n) is 9.73. The highest BCUT2D eigenvalue weighted by atomic mass is 14.4. The molecule has 0 amide bonds. The average molecular weight is 182 g/mol. The summed E-state index contributed by atoms with van der Waals surface area (Å²) in [6.45, 7) is 7.23. The van der Waals surface area contributed by atoms with Gasteiger partial charge in [-0.2, -0.15) is 0 Å². The molecule has 13 heavy (non-hydrogen) atoms. The second kappa shape index (κ2) is 5.02. The molecule has 0 aromatic heterocycles. The van der Waals surface area contributed by atoms with E-state index < -0.39 is 0 Å². The monoisotopic (exact) mass is 182 g/mol. The maximum absolute atomic E-state index is 2.52. The molecule has 0 saturated heterocycles. The summed E-state index contributed by atoms with van der Waals surface area (Å²) >= 11 is 0. The Kier molecular flexibility index (Phi) is 4.28. The van der Waals surface area contributed by atoms with Crippen molar-refractivity contribution in [2.45, 2.75) is 72.1 Å². The van der Waals surface area contributed by atoms with Crippen LogP contribution in [-0.4, -0.2) is 0 Å². The van der Waals surface area contributed by atoms with E-state index in [1.807, 2.05) is 0 Å². The second-order valence-corrected chi connectivity index (χ2v) is 5.09. The Labute approximate surface area is 84.1 Å². The van der Waals surface area contributed by atoms with Gasteiger partial charge in [-0.3, -0.25) is 0 Å². The predicted molar refractivity (Wildman–Crippen MR) is 59.9 cm³/mol. The fraction of sp³-hybridized carbons (Fsp3) is 1.00. The summed E-state index contributed by atoms with van der Waals surface area (Å²) in [4.78, 5) is 0. The van der Waals surface area contributed by atoms with Gasteiger partial charge in [0.1, 0.15) is 0 Å². The Bertz CT molecular complexity index is 133. The summed E-state index contributed by atoms with van der Waals surface area (Å²) in [6, 6.07) is 0. The van der Waals surface area contributed by atoms with E-state index in [-0.39, 0.29) is 0 Å². The van der Waals surface area contributed by atoms with Gasteiger partial charge in [0.05, 0.1) is 0 Å². The van der Waals surface area contributed by atoms with Gasteiger partial charge in [-0.1, -0.05) is 52.9 Å². The maximum atomic E-state index is 2.52. The largest absolute Gasteiger partial charge is 0.0654 e. The fourth-order valence-electron chi connectivity index (χ4n) is 3.04. The lowest BCUT2D eigenvalue weighted by Gasteiger charge is -2.39. The van der Waals surface area contributed by atoms with Crippen molar-refractivity contribution in [1.82, 2.24) is 0 Å². The predicted octanol–water partition coefficient (Wildman–Crippen LogP) is 4.78. The zero-order chi connectivity index (χ0) is 9.73. The molecule has 0 aromatic rings. The highest BCUT2D eigenvalue weighted by Crippen LogP contribution is 2.43. The van der Waals surface area contributed by atoms with Gasteiger partial charge in [-0.15, -0.1) is 0 Å². The highest BCUT2D eigenvalue weighted by molar-refractivity contribution is 4.83. The van der Waals surface area contributed by atoms with Gasteiger partial charge in [0.25, 0.3) is 0 Å². The smallest absolute Gasteiger partial charge is 0.0300 e. The average Bonchev–Trinajstić information content (AvgIpc) is 2.19. The molecule has 0 radical (unpaired) electrons. The lowest BCUT2D eigenvalue weighted by atomic mass is 9.66. The molecular formula is C13H26. The third kappa shape index (κ3) is 2.72. The normalized spacial score (nSPS) is 24.2. The van der Waals surface area contributed by atoms with Crippen molar-refractivity contribution in [3.8, 4) is 0 Å². The van der Waals surface area contributed by atoms with Crippen molar-refractivity contribution in [3.05, 3.63) is 0 Å². The van der Waals surface area contributed by atoms with E-state index in [4.69, 9.17) is 0 Å². The quantitative estimate of drug-likeness (QED) is 0.587. The van der Waals surface area contributed by atoms with Gasteiger partial charge in [0.15, 0.2) is 0 Å². The lowest BCUT2D eigenvalue weighted by molar-refractivity contribution is 0.118. The van der Waals surface area contributed by atoms with Crippen molar-refractivity contribution in [2.24, 2.45) is 11.3 Å². The van der Waals surface area contributed by atoms with Crippen molar-refractivity contribution in [1.29, 1.82) is 0 Å². The van der Waals surface area contributed by atoms with Crippen LogP contribution in [0.25, 0.3) is 0 Å². The van der Waals surface area contributed by atoms with Crippen LogP contribution in [0.5, 0.6) is 0 Å². The minimum Gasteiger partial charge on any atom is -0.0654 e. The Hall–Kier alpha value is 0. The van der Waals surface area contributed by atoms with Crippen molar-refractivity contribution < 1.29 is 0 Å². The highest BCUT2D eigenvalue weighted by Gasteiger charge is 2.32. The van der Waals surface area contributed by atoms with E-state index in [9.17, 15) is 0 Å². The summed E-state index contributed by atoms with van der Waals surface area (Å²) < 4.78 is 0. The molecule has 0 aromatic carbocycles. The van der Waals surface area contributed by atoms with Gasteiger partial charge in [-0.05, 0) is 30.6 Å². The molecule has 1 aliphatic carbocycles. The summed E-state index contributed by atoms with van der Waals surface area (Å²) in [7, 11) is 0. The van der Waals surface area contributed by atoms with Gasteiger partial charge in [0.2, 0.25) is 0 Å². The van der Waals surface area contributed by atoms with E-state index in [0.717, 1.165) is 5.92 Å². The molecule has 1 saturated carbocycles. The van der Waals surface area contributed by atoms with Crippen LogP contribution in [0.2, 0.25) is 0 Å². The molecule has 0 spiro atoms.